The minimum absolute atomic E-state index is 0.0939. The Balaban J connectivity index is 2.32. The Morgan fingerprint density at radius 1 is 1.67 bits per heavy atom. The third-order valence-electron chi connectivity index (χ3n) is 2.44. The SMILES string of the molecule is CC(C#N)CN(C)CCc1nccn1C. The van der Waals surface area contributed by atoms with E-state index in [0.29, 0.717) is 0 Å². The molecule has 0 saturated heterocycles. The smallest absolute Gasteiger partial charge is 0.109 e. The monoisotopic (exact) mass is 206 g/mol. The fourth-order valence-corrected chi connectivity index (χ4v) is 1.53. The van der Waals surface area contributed by atoms with E-state index < -0.39 is 0 Å². The summed E-state index contributed by atoms with van der Waals surface area (Å²) in [5.41, 5.74) is 0. The molecule has 0 saturated carbocycles. The van der Waals surface area contributed by atoms with Crippen LogP contribution in [-0.2, 0) is 13.5 Å². The predicted molar refractivity (Wildman–Crippen MR) is 59.2 cm³/mol. The number of aromatic nitrogens is 2. The van der Waals surface area contributed by atoms with Crippen LogP contribution in [0.15, 0.2) is 12.4 Å². The van der Waals surface area contributed by atoms with Crippen LogP contribution in [-0.4, -0.2) is 34.6 Å². The summed E-state index contributed by atoms with van der Waals surface area (Å²) in [5.74, 6) is 1.18. The molecule has 15 heavy (non-hydrogen) atoms. The first kappa shape index (κ1) is 11.7. The molecular formula is C11H18N4. The van der Waals surface area contributed by atoms with Crippen LogP contribution in [0.1, 0.15) is 12.7 Å². The molecule has 0 aromatic carbocycles. The number of likely N-dealkylation sites (N-methyl/N-ethyl adjacent to an activating group) is 1. The van der Waals surface area contributed by atoms with Crippen molar-refractivity contribution in [1.82, 2.24) is 14.5 Å². The van der Waals surface area contributed by atoms with Crippen molar-refractivity contribution in [2.75, 3.05) is 20.1 Å². The van der Waals surface area contributed by atoms with Crippen molar-refractivity contribution in [2.45, 2.75) is 13.3 Å². The summed E-state index contributed by atoms with van der Waals surface area (Å²) < 4.78 is 2.03. The van der Waals surface area contributed by atoms with Crippen molar-refractivity contribution in [2.24, 2.45) is 13.0 Å². The zero-order valence-electron chi connectivity index (χ0n) is 9.64. The van der Waals surface area contributed by atoms with E-state index in [1.807, 2.05) is 38.0 Å². The van der Waals surface area contributed by atoms with E-state index in [9.17, 15) is 0 Å². The summed E-state index contributed by atoms with van der Waals surface area (Å²) in [6.07, 6.45) is 4.69. The third kappa shape index (κ3) is 3.72. The van der Waals surface area contributed by atoms with Crippen molar-refractivity contribution < 1.29 is 0 Å². The van der Waals surface area contributed by atoms with Gasteiger partial charge in [0.1, 0.15) is 5.82 Å². The number of aryl methyl sites for hydroxylation is 1. The fraction of sp³-hybridized carbons (Fsp3) is 0.636. The highest BCUT2D eigenvalue weighted by Crippen LogP contribution is 2.00. The molecule has 4 heteroatoms. The van der Waals surface area contributed by atoms with Gasteiger partial charge in [0, 0.05) is 39.0 Å². The zero-order valence-corrected chi connectivity index (χ0v) is 9.64. The predicted octanol–water partition coefficient (Wildman–Crippen LogP) is 1.05. The van der Waals surface area contributed by atoms with Crippen molar-refractivity contribution in [3.8, 4) is 6.07 Å². The maximum Gasteiger partial charge on any atom is 0.109 e. The van der Waals surface area contributed by atoms with Gasteiger partial charge in [-0.3, -0.25) is 0 Å². The van der Waals surface area contributed by atoms with Gasteiger partial charge in [-0.05, 0) is 14.0 Å². The molecule has 4 nitrogen and oxygen atoms in total. The molecule has 82 valence electrons. The van der Waals surface area contributed by atoms with Gasteiger partial charge in [0.2, 0.25) is 0 Å². The van der Waals surface area contributed by atoms with Gasteiger partial charge in [0.25, 0.3) is 0 Å². The molecule has 1 aromatic heterocycles. The molecule has 1 atom stereocenters. The summed E-state index contributed by atoms with van der Waals surface area (Å²) in [4.78, 5) is 6.43. The Bertz CT molecular complexity index is 337. The maximum atomic E-state index is 8.69. The van der Waals surface area contributed by atoms with Gasteiger partial charge in [-0.2, -0.15) is 5.26 Å². The highest BCUT2D eigenvalue weighted by molar-refractivity contribution is 4.92. The lowest BCUT2D eigenvalue weighted by Crippen LogP contribution is -2.26. The van der Waals surface area contributed by atoms with Crippen molar-refractivity contribution in [1.29, 1.82) is 5.26 Å². The normalized spacial score (nSPS) is 12.7. The van der Waals surface area contributed by atoms with E-state index in [4.69, 9.17) is 5.26 Å². The molecule has 0 bridgehead atoms. The van der Waals surface area contributed by atoms with Crippen LogP contribution >= 0.6 is 0 Å². The summed E-state index contributed by atoms with van der Waals surface area (Å²) in [5, 5.41) is 8.69. The number of hydrogen-bond donors (Lipinski definition) is 0. The molecule has 0 aliphatic carbocycles. The second-order valence-corrected chi connectivity index (χ2v) is 4.00. The molecule has 0 aliphatic rings. The molecule has 0 amide bonds. The lowest BCUT2D eigenvalue weighted by atomic mass is 10.2. The highest BCUT2D eigenvalue weighted by atomic mass is 15.1. The fourth-order valence-electron chi connectivity index (χ4n) is 1.53. The Labute approximate surface area is 91.1 Å². The van der Waals surface area contributed by atoms with E-state index in [0.717, 1.165) is 25.3 Å². The number of hydrogen-bond acceptors (Lipinski definition) is 3. The Kier molecular flexibility index (Phi) is 4.32. The molecule has 1 rings (SSSR count). The van der Waals surface area contributed by atoms with Crippen molar-refractivity contribution in [3.63, 3.8) is 0 Å². The van der Waals surface area contributed by atoms with Crippen LogP contribution in [0.25, 0.3) is 0 Å². The molecule has 0 N–H and O–H groups in total. The molecule has 0 radical (unpaired) electrons. The largest absolute Gasteiger partial charge is 0.338 e. The first-order valence-electron chi connectivity index (χ1n) is 5.18. The van der Waals surface area contributed by atoms with E-state index in [-0.39, 0.29) is 5.92 Å². The Hall–Kier alpha value is -1.34. The molecule has 0 spiro atoms. The summed E-state index contributed by atoms with van der Waals surface area (Å²) >= 11 is 0. The van der Waals surface area contributed by atoms with Gasteiger partial charge >= 0.3 is 0 Å². The lowest BCUT2D eigenvalue weighted by molar-refractivity contribution is 0.311. The Morgan fingerprint density at radius 3 is 2.93 bits per heavy atom. The number of nitriles is 1. The second-order valence-electron chi connectivity index (χ2n) is 4.00. The quantitative estimate of drug-likeness (QED) is 0.723. The third-order valence-corrected chi connectivity index (χ3v) is 2.44. The second kappa shape index (κ2) is 5.52. The standard InChI is InChI=1S/C11H18N4/c1-10(8-12)9-14(2)6-4-11-13-5-7-15(11)3/h5,7,10H,4,6,9H2,1-3H3. The average Bonchev–Trinajstić information content (AvgIpc) is 2.61. The molecule has 1 aromatic rings. The van der Waals surface area contributed by atoms with Crippen LogP contribution in [0, 0.1) is 17.2 Å². The summed E-state index contributed by atoms with van der Waals surface area (Å²) in [6, 6.07) is 2.24. The maximum absolute atomic E-state index is 8.69. The molecular weight excluding hydrogens is 188 g/mol. The van der Waals surface area contributed by atoms with Gasteiger partial charge in [-0.1, -0.05) is 0 Å². The first-order chi connectivity index (χ1) is 7.13. The topological polar surface area (TPSA) is 44.9 Å². The van der Waals surface area contributed by atoms with Crippen LogP contribution in [0.3, 0.4) is 0 Å². The number of rotatable bonds is 5. The molecule has 1 unspecified atom stereocenters. The van der Waals surface area contributed by atoms with E-state index in [1.165, 1.54) is 0 Å². The summed E-state index contributed by atoms with van der Waals surface area (Å²) in [6.45, 7) is 3.70. The van der Waals surface area contributed by atoms with Crippen LogP contribution in [0.5, 0.6) is 0 Å². The van der Waals surface area contributed by atoms with E-state index in [1.54, 1.807) is 0 Å². The minimum atomic E-state index is 0.0939. The van der Waals surface area contributed by atoms with E-state index >= 15 is 0 Å². The van der Waals surface area contributed by atoms with Crippen LogP contribution in [0.2, 0.25) is 0 Å². The average molecular weight is 206 g/mol. The van der Waals surface area contributed by atoms with Crippen molar-refractivity contribution in [3.05, 3.63) is 18.2 Å². The Morgan fingerprint density at radius 2 is 2.40 bits per heavy atom. The van der Waals surface area contributed by atoms with Crippen molar-refractivity contribution >= 4 is 0 Å². The minimum Gasteiger partial charge on any atom is -0.338 e. The van der Waals surface area contributed by atoms with Gasteiger partial charge in [0.15, 0.2) is 0 Å². The number of nitrogens with zero attached hydrogens (tertiary/aromatic N) is 4. The van der Waals surface area contributed by atoms with Crippen LogP contribution in [0.4, 0.5) is 0 Å². The molecule has 0 aliphatic heterocycles. The number of imidazole rings is 1. The van der Waals surface area contributed by atoms with Crippen LogP contribution < -0.4 is 0 Å². The van der Waals surface area contributed by atoms with Gasteiger partial charge in [-0.25, -0.2) is 4.98 Å². The van der Waals surface area contributed by atoms with Gasteiger partial charge in [0.05, 0.1) is 12.0 Å². The zero-order chi connectivity index (χ0) is 11.3. The lowest BCUT2D eigenvalue weighted by Gasteiger charge is -2.17. The van der Waals surface area contributed by atoms with Gasteiger partial charge < -0.3 is 9.47 Å². The van der Waals surface area contributed by atoms with Gasteiger partial charge in [-0.15, -0.1) is 0 Å². The van der Waals surface area contributed by atoms with E-state index in [2.05, 4.69) is 16.0 Å². The summed E-state index contributed by atoms with van der Waals surface area (Å²) in [7, 11) is 4.04. The molecule has 0 fully saturated rings. The first-order valence-corrected chi connectivity index (χ1v) is 5.18. The highest BCUT2D eigenvalue weighted by Gasteiger charge is 2.06. The molecule has 1 heterocycles.